The number of fused-ring (bicyclic) bond motifs is 1. The molecule has 1 fully saturated rings. The van der Waals surface area contributed by atoms with Crippen LogP contribution in [0.4, 0.5) is 4.79 Å². The van der Waals surface area contributed by atoms with Gasteiger partial charge in [-0.2, -0.15) is 0 Å². The highest BCUT2D eigenvalue weighted by atomic mass is 16.2. The molecule has 1 unspecified atom stereocenters. The lowest BCUT2D eigenvalue weighted by molar-refractivity contribution is -0.125. The van der Waals surface area contributed by atoms with Gasteiger partial charge in [0.05, 0.1) is 6.04 Å². The fourth-order valence-electron chi connectivity index (χ4n) is 2.87. The van der Waals surface area contributed by atoms with Crippen LogP contribution in [0.25, 0.3) is 10.8 Å². The van der Waals surface area contributed by atoms with Crippen molar-refractivity contribution < 1.29 is 14.4 Å². The van der Waals surface area contributed by atoms with E-state index in [0.717, 1.165) is 16.3 Å². The number of nitrogens with zero attached hydrogens (tertiary/aromatic N) is 1. The molecule has 0 radical (unpaired) electrons. The molecule has 1 aliphatic heterocycles. The van der Waals surface area contributed by atoms with Gasteiger partial charge in [0.25, 0.3) is 0 Å². The summed E-state index contributed by atoms with van der Waals surface area (Å²) in [5.74, 6) is -0.634. The maximum Gasteiger partial charge on any atom is 0.324 e. The average molecular weight is 340 g/mol. The summed E-state index contributed by atoms with van der Waals surface area (Å²) in [6.45, 7) is 0.374. The normalized spacial score (nSPS) is 15.8. The molecule has 0 aromatic heterocycles. The van der Waals surface area contributed by atoms with Crippen LogP contribution in [0.15, 0.2) is 42.5 Å². The SMILES string of the molecule is NCC(NC(=O)CN1CCC(=O)NC1=O)c1ccc2ccccc2c1. The Morgan fingerprint density at radius 2 is 1.96 bits per heavy atom. The second-order valence-electron chi connectivity index (χ2n) is 5.99. The minimum Gasteiger partial charge on any atom is -0.346 e. The summed E-state index contributed by atoms with van der Waals surface area (Å²) in [7, 11) is 0. The fourth-order valence-corrected chi connectivity index (χ4v) is 2.87. The van der Waals surface area contributed by atoms with Crippen LogP contribution in [0.5, 0.6) is 0 Å². The summed E-state index contributed by atoms with van der Waals surface area (Å²) in [5, 5.41) is 7.24. The molecule has 1 atom stereocenters. The molecule has 7 heteroatoms. The maximum atomic E-state index is 12.3. The summed E-state index contributed by atoms with van der Waals surface area (Å²) < 4.78 is 0. The zero-order valence-electron chi connectivity index (χ0n) is 13.7. The number of rotatable bonds is 5. The summed E-state index contributed by atoms with van der Waals surface area (Å²) in [6.07, 6.45) is 0.198. The van der Waals surface area contributed by atoms with E-state index in [-0.39, 0.29) is 43.9 Å². The lowest BCUT2D eigenvalue weighted by Gasteiger charge is -2.27. The molecule has 1 saturated heterocycles. The van der Waals surface area contributed by atoms with Gasteiger partial charge in [-0.25, -0.2) is 4.79 Å². The number of amides is 4. The van der Waals surface area contributed by atoms with Gasteiger partial charge in [-0.3, -0.25) is 14.9 Å². The fraction of sp³-hybridized carbons (Fsp3) is 0.278. The highest BCUT2D eigenvalue weighted by Crippen LogP contribution is 2.20. The minimum absolute atomic E-state index is 0.108. The zero-order valence-corrected chi connectivity index (χ0v) is 13.7. The van der Waals surface area contributed by atoms with Crippen molar-refractivity contribution in [1.82, 2.24) is 15.5 Å². The topological polar surface area (TPSA) is 105 Å². The van der Waals surface area contributed by atoms with Crippen molar-refractivity contribution in [2.75, 3.05) is 19.6 Å². The van der Waals surface area contributed by atoms with E-state index in [0.29, 0.717) is 0 Å². The first-order valence-corrected chi connectivity index (χ1v) is 8.13. The quantitative estimate of drug-likeness (QED) is 0.752. The Kier molecular flexibility index (Phi) is 4.95. The number of imide groups is 1. The van der Waals surface area contributed by atoms with Gasteiger partial charge in [-0.15, -0.1) is 0 Å². The van der Waals surface area contributed by atoms with Crippen molar-refractivity contribution in [1.29, 1.82) is 0 Å². The van der Waals surface area contributed by atoms with Crippen molar-refractivity contribution in [3.05, 3.63) is 48.0 Å². The Morgan fingerprint density at radius 3 is 2.68 bits per heavy atom. The molecule has 0 spiro atoms. The Morgan fingerprint density at radius 1 is 1.20 bits per heavy atom. The lowest BCUT2D eigenvalue weighted by atomic mass is 10.0. The van der Waals surface area contributed by atoms with Crippen LogP contribution in [0, 0.1) is 0 Å². The minimum atomic E-state index is -0.540. The van der Waals surface area contributed by atoms with Gasteiger partial charge in [0.15, 0.2) is 0 Å². The van der Waals surface area contributed by atoms with Crippen LogP contribution in [-0.2, 0) is 9.59 Å². The molecule has 0 aliphatic carbocycles. The number of carbonyl (C=O) groups excluding carboxylic acids is 3. The summed E-state index contributed by atoms with van der Waals surface area (Å²) in [6, 6.07) is 13.0. The Balaban J connectivity index is 1.67. The summed E-state index contributed by atoms with van der Waals surface area (Å²) in [5.41, 5.74) is 6.73. The molecule has 2 aromatic carbocycles. The predicted octanol–water partition coefficient (Wildman–Crippen LogP) is 0.898. The van der Waals surface area contributed by atoms with Crippen molar-refractivity contribution in [3.63, 3.8) is 0 Å². The number of nitrogens with two attached hydrogens (primary N) is 1. The lowest BCUT2D eigenvalue weighted by Crippen LogP contribution is -2.52. The molecule has 25 heavy (non-hydrogen) atoms. The molecule has 3 rings (SSSR count). The van der Waals surface area contributed by atoms with E-state index in [1.54, 1.807) is 0 Å². The van der Waals surface area contributed by atoms with E-state index < -0.39 is 6.03 Å². The summed E-state index contributed by atoms with van der Waals surface area (Å²) >= 11 is 0. The molecule has 4 N–H and O–H groups in total. The van der Waals surface area contributed by atoms with Gasteiger partial charge in [0, 0.05) is 19.5 Å². The number of urea groups is 1. The first kappa shape index (κ1) is 16.9. The van der Waals surface area contributed by atoms with E-state index in [9.17, 15) is 14.4 Å². The molecule has 130 valence electrons. The second kappa shape index (κ2) is 7.31. The first-order chi connectivity index (χ1) is 12.1. The highest BCUT2D eigenvalue weighted by molar-refractivity contribution is 5.98. The largest absolute Gasteiger partial charge is 0.346 e. The maximum absolute atomic E-state index is 12.3. The second-order valence-corrected chi connectivity index (χ2v) is 5.99. The third kappa shape index (κ3) is 3.95. The van der Waals surface area contributed by atoms with Gasteiger partial charge in [0.2, 0.25) is 11.8 Å². The Bertz CT molecular complexity index is 821. The van der Waals surface area contributed by atoms with Gasteiger partial charge >= 0.3 is 6.03 Å². The predicted molar refractivity (Wildman–Crippen MR) is 93.6 cm³/mol. The monoisotopic (exact) mass is 340 g/mol. The molecule has 0 saturated carbocycles. The molecular formula is C18H20N4O3. The van der Waals surface area contributed by atoms with E-state index in [4.69, 9.17) is 5.73 Å². The smallest absolute Gasteiger partial charge is 0.324 e. The van der Waals surface area contributed by atoms with Gasteiger partial charge < -0.3 is 16.0 Å². The number of carbonyl (C=O) groups is 3. The average Bonchev–Trinajstić information content (AvgIpc) is 2.61. The standard InChI is InChI=1S/C18H20N4O3/c19-10-15(14-6-5-12-3-1-2-4-13(12)9-14)20-17(24)11-22-8-7-16(23)21-18(22)25/h1-6,9,15H,7-8,10-11,19H2,(H,20,24)(H,21,23,25). The summed E-state index contributed by atoms with van der Waals surface area (Å²) in [4.78, 5) is 36.4. The van der Waals surface area contributed by atoms with Crippen LogP contribution in [0.1, 0.15) is 18.0 Å². The molecule has 0 bridgehead atoms. The number of benzene rings is 2. The molecule has 2 aromatic rings. The van der Waals surface area contributed by atoms with E-state index in [1.165, 1.54) is 4.90 Å². The van der Waals surface area contributed by atoms with Crippen LogP contribution >= 0.6 is 0 Å². The van der Waals surface area contributed by atoms with Crippen molar-refractivity contribution in [3.8, 4) is 0 Å². The van der Waals surface area contributed by atoms with Crippen LogP contribution in [-0.4, -0.2) is 42.4 Å². The zero-order chi connectivity index (χ0) is 17.8. The Hall–Kier alpha value is -2.93. The number of hydrogen-bond donors (Lipinski definition) is 3. The van der Waals surface area contributed by atoms with Crippen molar-refractivity contribution in [2.24, 2.45) is 5.73 Å². The third-order valence-corrected chi connectivity index (χ3v) is 4.22. The van der Waals surface area contributed by atoms with Gasteiger partial charge in [-0.05, 0) is 22.4 Å². The number of nitrogens with one attached hydrogen (secondary N) is 2. The number of hydrogen-bond acceptors (Lipinski definition) is 4. The first-order valence-electron chi connectivity index (χ1n) is 8.13. The van der Waals surface area contributed by atoms with Gasteiger partial charge in [0.1, 0.15) is 6.54 Å². The van der Waals surface area contributed by atoms with Gasteiger partial charge in [-0.1, -0.05) is 36.4 Å². The van der Waals surface area contributed by atoms with E-state index >= 15 is 0 Å². The van der Waals surface area contributed by atoms with Crippen LogP contribution in [0.3, 0.4) is 0 Å². The molecule has 7 nitrogen and oxygen atoms in total. The van der Waals surface area contributed by atoms with Crippen LogP contribution < -0.4 is 16.4 Å². The van der Waals surface area contributed by atoms with E-state index in [1.807, 2.05) is 42.5 Å². The molecule has 4 amide bonds. The van der Waals surface area contributed by atoms with Crippen molar-refractivity contribution in [2.45, 2.75) is 12.5 Å². The van der Waals surface area contributed by atoms with Crippen LogP contribution in [0.2, 0.25) is 0 Å². The molecule has 1 aliphatic rings. The Labute approximate surface area is 145 Å². The molecular weight excluding hydrogens is 320 g/mol. The van der Waals surface area contributed by atoms with E-state index in [2.05, 4.69) is 10.6 Å². The van der Waals surface area contributed by atoms with Crippen molar-refractivity contribution >= 4 is 28.6 Å². The molecule has 1 heterocycles. The third-order valence-electron chi connectivity index (χ3n) is 4.22. The highest BCUT2D eigenvalue weighted by Gasteiger charge is 2.25.